The topological polar surface area (TPSA) is 79.7 Å². The number of aromatic nitrogens is 1. The van der Waals surface area contributed by atoms with E-state index in [1.165, 1.54) is 19.4 Å². The number of pyridine rings is 1. The zero-order valence-electron chi connectivity index (χ0n) is 8.63. The van der Waals surface area contributed by atoms with Crippen LogP contribution in [0.25, 0.3) is 0 Å². The smallest absolute Gasteiger partial charge is 0.308 e. The van der Waals surface area contributed by atoms with Crippen molar-refractivity contribution in [3.63, 3.8) is 0 Å². The molecule has 0 saturated heterocycles. The predicted molar refractivity (Wildman–Crippen MR) is 56.8 cm³/mol. The fourth-order valence-electron chi connectivity index (χ4n) is 1.15. The number of rotatable bonds is 4. The van der Waals surface area contributed by atoms with Crippen molar-refractivity contribution in [3.05, 3.63) is 29.0 Å². The van der Waals surface area contributed by atoms with Gasteiger partial charge in [0, 0.05) is 11.2 Å². The first-order valence-corrected chi connectivity index (χ1v) is 4.96. The Bertz CT molecular complexity index is 372. The highest BCUT2D eigenvalue weighted by atomic mass is 35.5. The minimum Gasteiger partial charge on any atom is -0.469 e. The van der Waals surface area contributed by atoms with Gasteiger partial charge in [-0.15, -0.1) is 0 Å². The molecule has 0 saturated carbocycles. The van der Waals surface area contributed by atoms with E-state index in [9.17, 15) is 15.0 Å². The van der Waals surface area contributed by atoms with Crippen LogP contribution in [0.4, 0.5) is 0 Å². The van der Waals surface area contributed by atoms with Crippen LogP contribution in [0, 0.1) is 0 Å². The highest BCUT2D eigenvalue weighted by Gasteiger charge is 2.22. The van der Waals surface area contributed by atoms with Crippen molar-refractivity contribution in [2.45, 2.75) is 18.6 Å². The molecule has 2 N–H and O–H groups in total. The van der Waals surface area contributed by atoms with Crippen molar-refractivity contribution in [3.8, 4) is 0 Å². The van der Waals surface area contributed by atoms with Crippen molar-refractivity contribution in [1.29, 1.82) is 0 Å². The molecule has 16 heavy (non-hydrogen) atoms. The summed E-state index contributed by atoms with van der Waals surface area (Å²) in [5.74, 6) is -0.603. The van der Waals surface area contributed by atoms with E-state index in [2.05, 4.69) is 9.72 Å². The predicted octanol–water partition coefficient (Wildman–Crippen LogP) is 0.692. The number of carbonyl (C=O) groups excluding carboxylic acids is 1. The Morgan fingerprint density at radius 1 is 1.62 bits per heavy atom. The van der Waals surface area contributed by atoms with E-state index >= 15 is 0 Å². The molecule has 5 nitrogen and oxygen atoms in total. The van der Waals surface area contributed by atoms with Crippen LogP contribution in [0.5, 0.6) is 0 Å². The van der Waals surface area contributed by atoms with Gasteiger partial charge in [-0.05, 0) is 12.1 Å². The van der Waals surface area contributed by atoms with E-state index < -0.39 is 18.2 Å². The number of aliphatic hydroxyl groups is 2. The van der Waals surface area contributed by atoms with Crippen LogP contribution in [-0.2, 0) is 9.53 Å². The molecule has 2 atom stereocenters. The van der Waals surface area contributed by atoms with Crippen LogP contribution in [0.1, 0.15) is 18.2 Å². The highest BCUT2D eigenvalue weighted by molar-refractivity contribution is 6.30. The van der Waals surface area contributed by atoms with Crippen LogP contribution in [0.3, 0.4) is 0 Å². The first kappa shape index (κ1) is 12.9. The summed E-state index contributed by atoms with van der Waals surface area (Å²) in [6.45, 7) is 0. The molecule has 1 heterocycles. The summed E-state index contributed by atoms with van der Waals surface area (Å²) in [6, 6.07) is 2.97. The zero-order chi connectivity index (χ0) is 12.1. The largest absolute Gasteiger partial charge is 0.469 e. The Labute approximate surface area is 97.6 Å². The summed E-state index contributed by atoms with van der Waals surface area (Å²) >= 11 is 5.70. The van der Waals surface area contributed by atoms with Gasteiger partial charge in [-0.1, -0.05) is 11.6 Å². The molecule has 0 amide bonds. The van der Waals surface area contributed by atoms with E-state index in [1.54, 1.807) is 6.07 Å². The van der Waals surface area contributed by atoms with Gasteiger partial charge < -0.3 is 14.9 Å². The first-order chi connectivity index (χ1) is 7.54. The Balaban J connectivity index is 2.70. The monoisotopic (exact) mass is 245 g/mol. The van der Waals surface area contributed by atoms with Crippen molar-refractivity contribution in [2.75, 3.05) is 7.11 Å². The molecule has 0 bridgehead atoms. The molecule has 0 radical (unpaired) electrons. The molecule has 2 unspecified atom stereocenters. The molecular weight excluding hydrogens is 234 g/mol. The summed E-state index contributed by atoms with van der Waals surface area (Å²) in [7, 11) is 1.21. The van der Waals surface area contributed by atoms with Crippen LogP contribution >= 0.6 is 11.6 Å². The molecule has 1 rings (SSSR count). The second-order valence-corrected chi connectivity index (χ2v) is 3.63. The minimum atomic E-state index is -1.27. The average Bonchev–Trinajstić information content (AvgIpc) is 2.27. The molecule has 0 aromatic carbocycles. The highest BCUT2D eigenvalue weighted by Crippen LogP contribution is 2.19. The Morgan fingerprint density at radius 3 is 2.88 bits per heavy atom. The van der Waals surface area contributed by atoms with Gasteiger partial charge in [-0.2, -0.15) is 0 Å². The third-order valence-electron chi connectivity index (χ3n) is 2.01. The fourth-order valence-corrected chi connectivity index (χ4v) is 1.31. The molecule has 88 valence electrons. The number of hydrogen-bond donors (Lipinski definition) is 2. The van der Waals surface area contributed by atoms with Gasteiger partial charge >= 0.3 is 5.97 Å². The van der Waals surface area contributed by atoms with Crippen molar-refractivity contribution >= 4 is 17.6 Å². The van der Waals surface area contributed by atoms with Crippen LogP contribution in [-0.4, -0.2) is 34.4 Å². The molecule has 0 fully saturated rings. The number of halogens is 1. The molecule has 6 heteroatoms. The molecular formula is C10H12ClNO4. The third kappa shape index (κ3) is 3.44. The van der Waals surface area contributed by atoms with E-state index in [4.69, 9.17) is 11.6 Å². The van der Waals surface area contributed by atoms with Gasteiger partial charge in [0.15, 0.2) is 0 Å². The molecule has 1 aromatic heterocycles. The lowest BCUT2D eigenvalue weighted by Crippen LogP contribution is -2.23. The number of carbonyl (C=O) groups is 1. The number of nitrogens with zero attached hydrogens (tertiary/aromatic N) is 1. The maximum Gasteiger partial charge on any atom is 0.308 e. The number of hydrogen-bond acceptors (Lipinski definition) is 5. The average molecular weight is 246 g/mol. The van der Waals surface area contributed by atoms with E-state index in [0.29, 0.717) is 5.02 Å². The first-order valence-electron chi connectivity index (χ1n) is 4.59. The quantitative estimate of drug-likeness (QED) is 0.763. The standard InChI is InChI=1S/C10H12ClNO4/c1-16-9(14)5-8(13)10(15)7-4-6(11)2-3-12-7/h2-4,8,10,13,15H,5H2,1H3. The summed E-state index contributed by atoms with van der Waals surface area (Å²) in [4.78, 5) is 14.7. The number of ether oxygens (including phenoxy) is 1. The van der Waals surface area contributed by atoms with Crippen LogP contribution < -0.4 is 0 Å². The van der Waals surface area contributed by atoms with E-state index in [1.807, 2.05) is 0 Å². The summed E-state index contributed by atoms with van der Waals surface area (Å²) in [5.41, 5.74) is 0.212. The molecule has 0 aliphatic carbocycles. The zero-order valence-corrected chi connectivity index (χ0v) is 9.39. The fraction of sp³-hybridized carbons (Fsp3) is 0.400. The molecule has 0 aliphatic heterocycles. The molecule has 0 aliphatic rings. The van der Waals surface area contributed by atoms with Crippen LogP contribution in [0.2, 0.25) is 5.02 Å². The maximum atomic E-state index is 10.9. The Morgan fingerprint density at radius 2 is 2.31 bits per heavy atom. The van der Waals surface area contributed by atoms with Gasteiger partial charge in [-0.25, -0.2) is 0 Å². The second-order valence-electron chi connectivity index (χ2n) is 3.19. The lowest BCUT2D eigenvalue weighted by atomic mass is 10.1. The van der Waals surface area contributed by atoms with Gasteiger partial charge in [0.05, 0.1) is 25.3 Å². The van der Waals surface area contributed by atoms with Crippen molar-refractivity contribution in [2.24, 2.45) is 0 Å². The Kier molecular flexibility index (Phi) is 4.67. The van der Waals surface area contributed by atoms with Gasteiger partial charge in [-0.3, -0.25) is 9.78 Å². The summed E-state index contributed by atoms with van der Waals surface area (Å²) in [5, 5.41) is 19.6. The van der Waals surface area contributed by atoms with E-state index in [0.717, 1.165) is 0 Å². The second kappa shape index (κ2) is 5.79. The Hall–Kier alpha value is -1.17. The third-order valence-corrected chi connectivity index (χ3v) is 2.25. The van der Waals surface area contributed by atoms with Gasteiger partial charge in [0.1, 0.15) is 6.10 Å². The summed E-state index contributed by atoms with van der Waals surface area (Å²) in [6.07, 6.45) is -1.42. The lowest BCUT2D eigenvalue weighted by Gasteiger charge is -2.16. The summed E-state index contributed by atoms with van der Waals surface area (Å²) < 4.78 is 4.37. The van der Waals surface area contributed by atoms with Gasteiger partial charge in [0.2, 0.25) is 0 Å². The van der Waals surface area contributed by atoms with Gasteiger partial charge in [0.25, 0.3) is 0 Å². The number of aliphatic hydroxyl groups excluding tert-OH is 2. The lowest BCUT2D eigenvalue weighted by molar-refractivity contribution is -0.144. The van der Waals surface area contributed by atoms with Crippen LogP contribution in [0.15, 0.2) is 18.3 Å². The normalized spacial score (nSPS) is 14.2. The molecule has 1 aromatic rings. The van der Waals surface area contributed by atoms with E-state index in [-0.39, 0.29) is 12.1 Å². The minimum absolute atomic E-state index is 0.212. The van der Waals surface area contributed by atoms with Crippen molar-refractivity contribution in [1.82, 2.24) is 4.98 Å². The number of esters is 1. The maximum absolute atomic E-state index is 10.9. The SMILES string of the molecule is COC(=O)CC(O)C(O)c1cc(Cl)ccn1. The van der Waals surface area contributed by atoms with Crippen molar-refractivity contribution < 1.29 is 19.7 Å². The number of methoxy groups -OCH3 is 1. The molecule has 0 spiro atoms.